The fourth-order valence-electron chi connectivity index (χ4n) is 3.27. The van der Waals surface area contributed by atoms with Crippen LogP contribution in [0.15, 0.2) is 36.7 Å². The number of benzene rings is 1. The maximum atomic E-state index is 5.68. The zero-order valence-electron chi connectivity index (χ0n) is 15.6. The van der Waals surface area contributed by atoms with Gasteiger partial charge in [0.05, 0.1) is 13.2 Å². The molecule has 0 atom stereocenters. The maximum Gasteiger partial charge on any atom is 0.222 e. The average Bonchev–Trinajstić information content (AvgIpc) is 2.65. The second kappa shape index (κ2) is 9.38. The molecule has 3 rings (SSSR count). The van der Waals surface area contributed by atoms with E-state index in [0.717, 1.165) is 49.9 Å². The van der Waals surface area contributed by atoms with Crippen LogP contribution in [0.2, 0.25) is 0 Å². The van der Waals surface area contributed by atoms with Crippen molar-refractivity contribution in [1.82, 2.24) is 14.9 Å². The van der Waals surface area contributed by atoms with Gasteiger partial charge < -0.3 is 14.8 Å². The Kier molecular flexibility index (Phi) is 6.66. The molecule has 0 aliphatic carbocycles. The molecule has 1 aliphatic rings. The number of hydrogen-bond acceptors (Lipinski definition) is 6. The third-order valence-corrected chi connectivity index (χ3v) is 4.45. The fraction of sp³-hybridized carbons (Fsp3) is 0.500. The predicted octanol–water partition coefficient (Wildman–Crippen LogP) is 3.35. The summed E-state index contributed by atoms with van der Waals surface area (Å²) in [6.07, 6.45) is 5.71. The third-order valence-electron chi connectivity index (χ3n) is 4.45. The summed E-state index contributed by atoms with van der Waals surface area (Å²) in [4.78, 5) is 11.0. The predicted molar refractivity (Wildman–Crippen MR) is 103 cm³/mol. The fourth-order valence-corrected chi connectivity index (χ4v) is 3.27. The van der Waals surface area contributed by atoms with Gasteiger partial charge in [0.25, 0.3) is 0 Å². The van der Waals surface area contributed by atoms with E-state index in [2.05, 4.69) is 32.3 Å². The van der Waals surface area contributed by atoms with Crippen molar-refractivity contribution in [2.75, 3.05) is 31.6 Å². The lowest BCUT2D eigenvalue weighted by Gasteiger charge is -2.32. The van der Waals surface area contributed by atoms with Crippen LogP contribution in [0.25, 0.3) is 0 Å². The number of likely N-dealkylation sites (tertiary alicyclic amines) is 1. The zero-order chi connectivity index (χ0) is 18.2. The molecule has 0 saturated carbocycles. The summed E-state index contributed by atoms with van der Waals surface area (Å²) in [7, 11) is 0. The maximum absolute atomic E-state index is 5.68. The summed E-state index contributed by atoms with van der Waals surface area (Å²) in [5.41, 5.74) is 1.23. The first kappa shape index (κ1) is 18.5. The van der Waals surface area contributed by atoms with Gasteiger partial charge in [-0.1, -0.05) is 0 Å². The Morgan fingerprint density at radius 1 is 1.00 bits per heavy atom. The van der Waals surface area contributed by atoms with Crippen molar-refractivity contribution in [2.24, 2.45) is 0 Å². The van der Waals surface area contributed by atoms with E-state index in [1.54, 1.807) is 12.4 Å². The van der Waals surface area contributed by atoms with Crippen LogP contribution in [0.4, 0.5) is 5.95 Å². The van der Waals surface area contributed by atoms with Gasteiger partial charge in [0, 0.05) is 44.1 Å². The molecule has 1 aliphatic heterocycles. The highest BCUT2D eigenvalue weighted by atomic mass is 16.5. The monoisotopic (exact) mass is 356 g/mol. The first-order chi connectivity index (χ1) is 12.8. The van der Waals surface area contributed by atoms with Crippen molar-refractivity contribution in [3.8, 4) is 11.5 Å². The van der Waals surface area contributed by atoms with Crippen molar-refractivity contribution in [3.05, 3.63) is 42.2 Å². The van der Waals surface area contributed by atoms with Gasteiger partial charge in [-0.3, -0.25) is 4.90 Å². The number of aromatic nitrogens is 2. The molecule has 2 aromatic rings. The second-order valence-corrected chi connectivity index (χ2v) is 6.45. The number of hydrogen-bond donors (Lipinski definition) is 1. The first-order valence-electron chi connectivity index (χ1n) is 9.42. The van der Waals surface area contributed by atoms with E-state index >= 15 is 0 Å². The van der Waals surface area contributed by atoms with Crippen LogP contribution in [-0.4, -0.2) is 47.2 Å². The Labute approximate surface area is 155 Å². The molecule has 140 valence electrons. The number of rotatable bonds is 8. The van der Waals surface area contributed by atoms with E-state index < -0.39 is 0 Å². The highest BCUT2D eigenvalue weighted by Gasteiger charge is 2.20. The van der Waals surface area contributed by atoms with Crippen LogP contribution >= 0.6 is 0 Å². The molecule has 1 saturated heterocycles. The van der Waals surface area contributed by atoms with Gasteiger partial charge in [0.1, 0.15) is 11.5 Å². The van der Waals surface area contributed by atoms with E-state index in [0.29, 0.717) is 19.3 Å². The topological polar surface area (TPSA) is 59.5 Å². The number of piperidine rings is 1. The van der Waals surface area contributed by atoms with Crippen LogP contribution in [0.3, 0.4) is 0 Å². The van der Waals surface area contributed by atoms with E-state index in [-0.39, 0.29) is 0 Å². The molecule has 26 heavy (non-hydrogen) atoms. The summed E-state index contributed by atoms with van der Waals surface area (Å²) < 4.78 is 11.4. The summed E-state index contributed by atoms with van der Waals surface area (Å²) in [6, 6.07) is 8.47. The molecule has 1 aromatic carbocycles. The summed E-state index contributed by atoms with van der Waals surface area (Å²) in [5.74, 6) is 2.48. The van der Waals surface area contributed by atoms with Crippen LogP contribution in [-0.2, 0) is 6.54 Å². The van der Waals surface area contributed by atoms with E-state index in [1.807, 2.05) is 26.0 Å². The summed E-state index contributed by atoms with van der Waals surface area (Å²) in [5, 5.41) is 3.43. The van der Waals surface area contributed by atoms with Crippen molar-refractivity contribution < 1.29 is 9.47 Å². The molecule has 0 bridgehead atoms. The number of nitrogens with one attached hydrogen (secondary N) is 1. The third kappa shape index (κ3) is 5.33. The van der Waals surface area contributed by atoms with Gasteiger partial charge in [-0.15, -0.1) is 0 Å². The quantitative estimate of drug-likeness (QED) is 0.783. The highest BCUT2D eigenvalue weighted by Crippen LogP contribution is 2.25. The molecule has 1 fully saturated rings. The van der Waals surface area contributed by atoms with Gasteiger partial charge in [0.15, 0.2) is 0 Å². The Bertz CT molecular complexity index is 649. The van der Waals surface area contributed by atoms with Gasteiger partial charge >= 0.3 is 0 Å². The number of anilines is 1. The van der Waals surface area contributed by atoms with Crippen LogP contribution < -0.4 is 14.8 Å². The molecule has 2 heterocycles. The Morgan fingerprint density at radius 3 is 2.19 bits per heavy atom. The molecule has 0 radical (unpaired) electrons. The Morgan fingerprint density at radius 2 is 1.62 bits per heavy atom. The van der Waals surface area contributed by atoms with Crippen LogP contribution in [0.1, 0.15) is 32.3 Å². The van der Waals surface area contributed by atoms with Gasteiger partial charge in [-0.05, 0) is 50.5 Å². The molecule has 1 N–H and O–H groups in total. The van der Waals surface area contributed by atoms with Crippen molar-refractivity contribution in [2.45, 2.75) is 39.3 Å². The standard InChI is InChI=1S/C20H28N4O2/c1-3-25-18-12-16(13-19(14-18)26-4-2)15-24-10-6-17(7-11-24)23-20-21-8-5-9-22-20/h5,8-9,12-14,17H,3-4,6-7,10-11,15H2,1-2H3,(H,21,22,23). The minimum absolute atomic E-state index is 0.433. The molecular weight excluding hydrogens is 328 g/mol. The van der Waals surface area contributed by atoms with Crippen molar-refractivity contribution >= 4 is 5.95 Å². The second-order valence-electron chi connectivity index (χ2n) is 6.45. The van der Waals surface area contributed by atoms with Gasteiger partial charge in [-0.2, -0.15) is 0 Å². The normalized spacial score (nSPS) is 15.6. The first-order valence-corrected chi connectivity index (χ1v) is 9.42. The zero-order valence-corrected chi connectivity index (χ0v) is 15.6. The smallest absolute Gasteiger partial charge is 0.222 e. The van der Waals surface area contributed by atoms with Crippen molar-refractivity contribution in [1.29, 1.82) is 0 Å². The molecule has 1 aromatic heterocycles. The molecule has 0 unspecified atom stereocenters. The Hall–Kier alpha value is -2.34. The summed E-state index contributed by atoms with van der Waals surface area (Å²) in [6.45, 7) is 8.33. The van der Waals surface area contributed by atoms with Gasteiger partial charge in [-0.25, -0.2) is 9.97 Å². The minimum atomic E-state index is 0.433. The highest BCUT2D eigenvalue weighted by molar-refractivity contribution is 5.38. The largest absolute Gasteiger partial charge is 0.494 e. The van der Waals surface area contributed by atoms with Crippen LogP contribution in [0.5, 0.6) is 11.5 Å². The van der Waals surface area contributed by atoms with Gasteiger partial charge in [0.2, 0.25) is 5.95 Å². The lowest BCUT2D eigenvalue weighted by Crippen LogP contribution is -2.38. The average molecular weight is 356 g/mol. The SMILES string of the molecule is CCOc1cc(CN2CCC(Nc3ncccn3)CC2)cc(OCC)c1. The minimum Gasteiger partial charge on any atom is -0.494 e. The van der Waals surface area contributed by atoms with Crippen LogP contribution in [0, 0.1) is 0 Å². The number of nitrogens with zero attached hydrogens (tertiary/aromatic N) is 3. The number of ether oxygens (including phenoxy) is 2. The summed E-state index contributed by atoms with van der Waals surface area (Å²) >= 11 is 0. The van der Waals surface area contributed by atoms with Crippen molar-refractivity contribution in [3.63, 3.8) is 0 Å². The molecule has 0 spiro atoms. The lowest BCUT2D eigenvalue weighted by molar-refractivity contribution is 0.210. The van der Waals surface area contributed by atoms with E-state index in [9.17, 15) is 0 Å². The molecular formula is C20H28N4O2. The van der Waals surface area contributed by atoms with E-state index in [1.165, 1.54) is 5.56 Å². The van der Waals surface area contributed by atoms with E-state index in [4.69, 9.17) is 9.47 Å². The molecule has 6 nitrogen and oxygen atoms in total. The molecule has 6 heteroatoms. The lowest BCUT2D eigenvalue weighted by atomic mass is 10.0. The molecule has 0 amide bonds. The Balaban J connectivity index is 1.55.